The lowest BCUT2D eigenvalue weighted by atomic mass is 9.79. The summed E-state index contributed by atoms with van der Waals surface area (Å²) in [6.45, 7) is 3.94. The first-order chi connectivity index (χ1) is 10.5. The lowest BCUT2D eigenvalue weighted by Crippen LogP contribution is -2.24. The zero-order chi connectivity index (χ0) is 15.7. The summed E-state index contributed by atoms with van der Waals surface area (Å²) in [5, 5.41) is 22.2. The second-order valence-electron chi connectivity index (χ2n) is 6.03. The summed E-state index contributed by atoms with van der Waals surface area (Å²) < 4.78 is 1.55. The first kappa shape index (κ1) is 14.8. The number of aliphatic hydroxyl groups excluding tert-OH is 1. The minimum absolute atomic E-state index is 0.0682. The van der Waals surface area contributed by atoms with Gasteiger partial charge in [0.2, 0.25) is 5.16 Å². The lowest BCUT2D eigenvalue weighted by Gasteiger charge is -2.28. The van der Waals surface area contributed by atoms with E-state index in [-0.39, 0.29) is 17.0 Å². The zero-order valence-electron chi connectivity index (χ0n) is 12.4. The van der Waals surface area contributed by atoms with Crippen LogP contribution < -0.4 is 0 Å². The van der Waals surface area contributed by atoms with Crippen molar-refractivity contribution in [3.05, 3.63) is 41.0 Å². The summed E-state index contributed by atoms with van der Waals surface area (Å²) in [6, 6.07) is 9.43. The van der Waals surface area contributed by atoms with Gasteiger partial charge in [0.05, 0.1) is 10.6 Å². The molecule has 0 bridgehead atoms. The molecule has 1 heterocycles. The Bertz CT molecular complexity index is 737. The predicted molar refractivity (Wildman–Crippen MR) is 82.7 cm³/mol. The molecule has 0 saturated carbocycles. The summed E-state index contributed by atoms with van der Waals surface area (Å²) >= 11 is 1.12. The van der Waals surface area contributed by atoms with Crippen molar-refractivity contribution in [1.82, 2.24) is 20.2 Å². The number of ketones is 1. The third-order valence-electron chi connectivity index (χ3n) is 3.44. The van der Waals surface area contributed by atoms with Crippen molar-refractivity contribution in [3.63, 3.8) is 0 Å². The molecule has 0 saturated heterocycles. The van der Waals surface area contributed by atoms with Gasteiger partial charge < -0.3 is 5.11 Å². The van der Waals surface area contributed by atoms with E-state index in [0.717, 1.165) is 17.4 Å². The minimum Gasteiger partial charge on any atom is -0.511 e. The highest BCUT2D eigenvalue weighted by Gasteiger charge is 2.34. The number of carbonyl (C=O) groups excluding carboxylic acids is 1. The Hall–Kier alpha value is -2.15. The van der Waals surface area contributed by atoms with Gasteiger partial charge in [-0.2, -0.15) is 4.68 Å². The molecule has 0 spiro atoms. The number of rotatable bonds is 3. The largest absolute Gasteiger partial charge is 0.511 e. The van der Waals surface area contributed by atoms with Crippen LogP contribution in [0.4, 0.5) is 0 Å². The molecule has 22 heavy (non-hydrogen) atoms. The molecule has 1 aromatic carbocycles. The summed E-state index contributed by atoms with van der Waals surface area (Å²) in [7, 11) is 0. The third kappa shape index (κ3) is 2.89. The van der Waals surface area contributed by atoms with Crippen LogP contribution in [-0.4, -0.2) is 31.1 Å². The first-order valence-corrected chi connectivity index (χ1v) is 7.75. The summed E-state index contributed by atoms with van der Waals surface area (Å²) in [4.78, 5) is 12.6. The fourth-order valence-corrected chi connectivity index (χ4v) is 3.32. The van der Waals surface area contributed by atoms with Crippen LogP contribution in [-0.2, 0) is 4.79 Å². The second kappa shape index (κ2) is 5.57. The van der Waals surface area contributed by atoms with Gasteiger partial charge in [-0.15, -0.1) is 5.10 Å². The van der Waals surface area contributed by atoms with E-state index in [4.69, 9.17) is 0 Å². The molecule has 0 fully saturated rings. The van der Waals surface area contributed by atoms with E-state index >= 15 is 0 Å². The van der Waals surface area contributed by atoms with Crippen LogP contribution in [0.5, 0.6) is 0 Å². The van der Waals surface area contributed by atoms with Crippen molar-refractivity contribution < 1.29 is 9.90 Å². The molecule has 6 nitrogen and oxygen atoms in total. The van der Waals surface area contributed by atoms with Gasteiger partial charge in [-0.25, -0.2) is 0 Å². The average Bonchev–Trinajstić information content (AvgIpc) is 2.91. The zero-order valence-corrected chi connectivity index (χ0v) is 13.2. The number of Topliss-reactive ketones (excluding diaryl/α,β-unsaturated/α-hetero) is 1. The maximum absolute atomic E-state index is 12.3. The Morgan fingerprint density at radius 3 is 2.64 bits per heavy atom. The van der Waals surface area contributed by atoms with E-state index < -0.39 is 0 Å². The van der Waals surface area contributed by atoms with Gasteiger partial charge in [0.1, 0.15) is 5.76 Å². The molecule has 1 aliphatic rings. The van der Waals surface area contributed by atoms with Crippen LogP contribution in [0.1, 0.15) is 26.7 Å². The summed E-state index contributed by atoms with van der Waals surface area (Å²) in [5.74, 6) is 0.0511. The van der Waals surface area contributed by atoms with Gasteiger partial charge in [0.15, 0.2) is 5.78 Å². The van der Waals surface area contributed by atoms with E-state index in [1.165, 1.54) is 0 Å². The molecular weight excluding hydrogens is 300 g/mol. The number of thioether (sulfide) groups is 1. The molecule has 3 rings (SSSR count). The van der Waals surface area contributed by atoms with Crippen LogP contribution in [0, 0.1) is 5.41 Å². The van der Waals surface area contributed by atoms with E-state index in [9.17, 15) is 9.90 Å². The molecule has 114 valence electrons. The van der Waals surface area contributed by atoms with Gasteiger partial charge in [0.25, 0.3) is 0 Å². The maximum Gasteiger partial charge on any atom is 0.219 e. The summed E-state index contributed by atoms with van der Waals surface area (Å²) in [6.07, 6.45) is 0.889. The smallest absolute Gasteiger partial charge is 0.219 e. The number of carbonyl (C=O) groups is 1. The average molecular weight is 316 g/mol. The van der Waals surface area contributed by atoms with Crippen molar-refractivity contribution in [2.45, 2.75) is 31.8 Å². The van der Waals surface area contributed by atoms with Crippen LogP contribution in [0.2, 0.25) is 0 Å². The molecule has 1 N–H and O–H groups in total. The highest BCUT2D eigenvalue weighted by molar-refractivity contribution is 8.03. The molecule has 0 radical (unpaired) electrons. The predicted octanol–water partition coefficient (Wildman–Crippen LogP) is 2.91. The molecule has 0 unspecified atom stereocenters. The number of aliphatic hydroxyl groups is 1. The Labute approximate surface area is 132 Å². The van der Waals surface area contributed by atoms with Gasteiger partial charge in [-0.3, -0.25) is 4.79 Å². The van der Waals surface area contributed by atoms with Crippen LogP contribution >= 0.6 is 11.8 Å². The van der Waals surface area contributed by atoms with Crippen LogP contribution in [0.15, 0.2) is 46.2 Å². The van der Waals surface area contributed by atoms with Crippen molar-refractivity contribution in [2.24, 2.45) is 5.41 Å². The molecule has 0 atom stereocenters. The standard InChI is InChI=1S/C15H16N4O2S/c1-15(2)8-11(20)13(12(21)9-15)22-14-16-17-18-19(14)10-6-4-3-5-7-10/h3-7,20H,8-9H2,1-2H3. The molecule has 2 aromatic rings. The number of benzene rings is 1. The number of allylic oxidation sites excluding steroid dienone is 2. The fourth-order valence-electron chi connectivity index (χ4n) is 2.45. The summed E-state index contributed by atoms with van der Waals surface area (Å²) in [5.41, 5.74) is 0.593. The van der Waals surface area contributed by atoms with Crippen LogP contribution in [0.3, 0.4) is 0 Å². The highest BCUT2D eigenvalue weighted by atomic mass is 32.2. The molecule has 1 aliphatic carbocycles. The number of hydrogen-bond acceptors (Lipinski definition) is 6. The van der Waals surface area contributed by atoms with Crippen molar-refractivity contribution in [3.8, 4) is 5.69 Å². The maximum atomic E-state index is 12.3. The molecule has 1 aromatic heterocycles. The number of nitrogens with zero attached hydrogens (tertiary/aromatic N) is 4. The molecule has 0 aliphatic heterocycles. The normalized spacial score (nSPS) is 17.8. The monoisotopic (exact) mass is 316 g/mol. The van der Waals surface area contributed by atoms with Crippen molar-refractivity contribution >= 4 is 17.5 Å². The fraction of sp³-hybridized carbons (Fsp3) is 0.333. The van der Waals surface area contributed by atoms with Gasteiger partial charge >= 0.3 is 0 Å². The van der Waals surface area contributed by atoms with Gasteiger partial charge in [-0.05, 0) is 39.7 Å². The topological polar surface area (TPSA) is 80.9 Å². The number of aromatic nitrogens is 4. The third-order valence-corrected chi connectivity index (χ3v) is 4.54. The van der Waals surface area contributed by atoms with Gasteiger partial charge in [0, 0.05) is 12.8 Å². The van der Waals surface area contributed by atoms with Crippen molar-refractivity contribution in [1.29, 1.82) is 0 Å². The number of hydrogen-bond donors (Lipinski definition) is 1. The Morgan fingerprint density at radius 1 is 1.23 bits per heavy atom. The molecular formula is C15H16N4O2S. The van der Waals surface area contributed by atoms with E-state index in [2.05, 4.69) is 15.5 Å². The molecule has 0 amide bonds. The Kier molecular flexibility index (Phi) is 3.74. The minimum atomic E-state index is -0.212. The molecule has 7 heteroatoms. The number of tetrazole rings is 1. The van der Waals surface area contributed by atoms with E-state index in [0.29, 0.717) is 22.9 Å². The SMILES string of the molecule is CC1(C)CC(=O)C(Sc2nnnn2-c2ccccc2)=C(O)C1. The lowest BCUT2D eigenvalue weighted by molar-refractivity contribution is -0.117. The van der Waals surface area contributed by atoms with Crippen molar-refractivity contribution in [2.75, 3.05) is 0 Å². The Morgan fingerprint density at radius 2 is 1.95 bits per heavy atom. The Balaban J connectivity index is 1.92. The second-order valence-corrected chi connectivity index (χ2v) is 7.01. The van der Waals surface area contributed by atoms with E-state index in [1.54, 1.807) is 4.68 Å². The number of para-hydroxylation sites is 1. The van der Waals surface area contributed by atoms with Crippen LogP contribution in [0.25, 0.3) is 5.69 Å². The highest BCUT2D eigenvalue weighted by Crippen LogP contribution is 2.41. The quantitative estimate of drug-likeness (QED) is 0.937. The van der Waals surface area contributed by atoms with E-state index in [1.807, 2.05) is 44.2 Å². The first-order valence-electron chi connectivity index (χ1n) is 6.93. The van der Waals surface area contributed by atoms with Gasteiger partial charge in [-0.1, -0.05) is 32.0 Å².